The molecule has 31 heavy (non-hydrogen) atoms. The summed E-state index contributed by atoms with van der Waals surface area (Å²) in [5, 5.41) is 13.0. The van der Waals surface area contributed by atoms with Crippen molar-refractivity contribution < 1.29 is 4.79 Å². The van der Waals surface area contributed by atoms with Crippen LogP contribution in [-0.2, 0) is 4.79 Å². The van der Waals surface area contributed by atoms with E-state index in [1.807, 2.05) is 73.0 Å². The second kappa shape index (κ2) is 9.32. The minimum absolute atomic E-state index is 0.109. The lowest BCUT2D eigenvalue weighted by Gasteiger charge is -2.14. The Balaban J connectivity index is 1.65. The van der Waals surface area contributed by atoms with Crippen molar-refractivity contribution in [1.29, 1.82) is 0 Å². The molecule has 0 bridgehead atoms. The standard InChI is InChI=1S/C23H20ClN5OS/c1-15-6-3-4-8-19(15)26-21(30)14-31-23-28-27-22(17-10-12-25-13-11-17)29(23)20-9-5-7-18(24)16(20)2/h3-13H,14H2,1-2H3,(H,26,30). The van der Waals surface area contributed by atoms with Gasteiger partial charge < -0.3 is 5.32 Å². The van der Waals surface area contributed by atoms with E-state index in [0.29, 0.717) is 16.0 Å². The number of hydrogen-bond donors (Lipinski definition) is 1. The second-order valence-corrected chi connectivity index (χ2v) is 8.26. The predicted molar refractivity (Wildman–Crippen MR) is 125 cm³/mol. The maximum atomic E-state index is 12.6. The van der Waals surface area contributed by atoms with Gasteiger partial charge >= 0.3 is 0 Å². The molecule has 0 saturated heterocycles. The number of para-hydroxylation sites is 1. The van der Waals surface area contributed by atoms with Crippen LogP contribution in [0.1, 0.15) is 11.1 Å². The fraction of sp³-hybridized carbons (Fsp3) is 0.130. The Hall–Kier alpha value is -3.16. The summed E-state index contributed by atoms with van der Waals surface area (Å²) >= 11 is 7.70. The molecule has 1 amide bonds. The first-order chi connectivity index (χ1) is 15.0. The number of carbonyl (C=O) groups is 1. The molecule has 0 aliphatic heterocycles. The van der Waals surface area contributed by atoms with E-state index in [1.54, 1.807) is 12.4 Å². The Morgan fingerprint density at radius 2 is 1.81 bits per heavy atom. The number of nitrogens with one attached hydrogen (secondary N) is 1. The van der Waals surface area contributed by atoms with Crippen LogP contribution in [0, 0.1) is 13.8 Å². The first-order valence-electron chi connectivity index (χ1n) is 9.64. The van der Waals surface area contributed by atoms with Gasteiger partial charge in [-0.3, -0.25) is 14.3 Å². The van der Waals surface area contributed by atoms with Crippen LogP contribution >= 0.6 is 23.4 Å². The number of carbonyl (C=O) groups excluding carboxylic acids is 1. The van der Waals surface area contributed by atoms with Crippen molar-refractivity contribution in [3.8, 4) is 17.1 Å². The van der Waals surface area contributed by atoms with Gasteiger partial charge in [0.05, 0.1) is 11.4 Å². The summed E-state index contributed by atoms with van der Waals surface area (Å²) < 4.78 is 1.93. The number of rotatable bonds is 6. The Morgan fingerprint density at radius 3 is 2.58 bits per heavy atom. The van der Waals surface area contributed by atoms with E-state index in [4.69, 9.17) is 11.6 Å². The van der Waals surface area contributed by atoms with E-state index in [9.17, 15) is 4.79 Å². The minimum atomic E-state index is -0.109. The lowest BCUT2D eigenvalue weighted by molar-refractivity contribution is -0.113. The topological polar surface area (TPSA) is 72.7 Å². The van der Waals surface area contributed by atoms with Crippen LogP contribution in [0.2, 0.25) is 5.02 Å². The predicted octanol–water partition coefficient (Wildman–Crippen LogP) is 5.33. The van der Waals surface area contributed by atoms with Crippen molar-refractivity contribution in [3.05, 3.63) is 83.1 Å². The molecule has 0 fully saturated rings. The van der Waals surface area contributed by atoms with E-state index < -0.39 is 0 Å². The van der Waals surface area contributed by atoms with E-state index in [2.05, 4.69) is 20.5 Å². The summed E-state index contributed by atoms with van der Waals surface area (Å²) in [5.74, 6) is 0.749. The smallest absolute Gasteiger partial charge is 0.234 e. The van der Waals surface area contributed by atoms with Crippen LogP contribution in [0.3, 0.4) is 0 Å². The lowest BCUT2D eigenvalue weighted by atomic mass is 10.2. The van der Waals surface area contributed by atoms with E-state index in [-0.39, 0.29) is 11.7 Å². The molecule has 0 saturated carbocycles. The molecule has 156 valence electrons. The molecule has 2 heterocycles. The zero-order valence-corrected chi connectivity index (χ0v) is 18.6. The van der Waals surface area contributed by atoms with Gasteiger partial charge in [0, 0.05) is 28.7 Å². The number of nitrogens with zero attached hydrogens (tertiary/aromatic N) is 4. The molecule has 0 aliphatic carbocycles. The molecule has 1 N–H and O–H groups in total. The van der Waals surface area contributed by atoms with Crippen molar-refractivity contribution in [2.45, 2.75) is 19.0 Å². The maximum absolute atomic E-state index is 12.6. The van der Waals surface area contributed by atoms with Crippen LogP contribution in [0.25, 0.3) is 17.1 Å². The Kier molecular flexibility index (Phi) is 6.34. The van der Waals surface area contributed by atoms with Gasteiger partial charge in [-0.2, -0.15) is 0 Å². The Labute approximate surface area is 189 Å². The molecule has 0 atom stereocenters. The van der Waals surface area contributed by atoms with Crippen LogP contribution in [0.15, 0.2) is 72.1 Å². The normalized spacial score (nSPS) is 10.8. The van der Waals surface area contributed by atoms with Crippen LogP contribution in [-0.4, -0.2) is 31.4 Å². The number of halogens is 1. The molecule has 4 rings (SSSR count). The van der Waals surface area contributed by atoms with E-state index in [0.717, 1.165) is 28.1 Å². The van der Waals surface area contributed by atoms with E-state index >= 15 is 0 Å². The van der Waals surface area contributed by atoms with Gasteiger partial charge in [0.25, 0.3) is 0 Å². The highest BCUT2D eigenvalue weighted by atomic mass is 35.5. The van der Waals surface area contributed by atoms with Gasteiger partial charge in [0.15, 0.2) is 11.0 Å². The summed E-state index contributed by atoms with van der Waals surface area (Å²) in [6.45, 7) is 3.91. The Bertz CT molecular complexity index is 1230. The number of pyridine rings is 1. The summed E-state index contributed by atoms with van der Waals surface area (Å²) in [6, 6.07) is 17.1. The molecule has 0 unspecified atom stereocenters. The van der Waals surface area contributed by atoms with Gasteiger partial charge in [-0.1, -0.05) is 47.6 Å². The largest absolute Gasteiger partial charge is 0.325 e. The first-order valence-corrected chi connectivity index (χ1v) is 11.0. The van der Waals surface area contributed by atoms with E-state index in [1.165, 1.54) is 11.8 Å². The van der Waals surface area contributed by atoms with Crippen LogP contribution in [0.4, 0.5) is 5.69 Å². The van der Waals surface area contributed by atoms with Crippen molar-refractivity contribution in [2.24, 2.45) is 0 Å². The first kappa shape index (κ1) is 21.1. The molecule has 4 aromatic rings. The second-order valence-electron chi connectivity index (χ2n) is 6.91. The van der Waals surface area contributed by atoms with Crippen molar-refractivity contribution in [3.63, 3.8) is 0 Å². The quantitative estimate of drug-likeness (QED) is 0.403. The van der Waals surface area contributed by atoms with Crippen molar-refractivity contribution in [2.75, 3.05) is 11.1 Å². The minimum Gasteiger partial charge on any atom is -0.325 e. The number of anilines is 1. The van der Waals surface area contributed by atoms with Crippen LogP contribution < -0.4 is 5.32 Å². The zero-order valence-electron chi connectivity index (χ0n) is 17.0. The molecular weight excluding hydrogens is 430 g/mol. The van der Waals surface area contributed by atoms with Gasteiger partial charge in [0.1, 0.15) is 0 Å². The molecule has 6 nitrogen and oxygen atoms in total. The van der Waals surface area contributed by atoms with Crippen molar-refractivity contribution in [1.82, 2.24) is 19.7 Å². The van der Waals surface area contributed by atoms with Crippen molar-refractivity contribution >= 4 is 35.0 Å². The maximum Gasteiger partial charge on any atom is 0.234 e. The number of amides is 1. The molecule has 0 spiro atoms. The summed E-state index contributed by atoms with van der Waals surface area (Å²) in [6.07, 6.45) is 3.42. The molecule has 2 aromatic heterocycles. The lowest BCUT2D eigenvalue weighted by Crippen LogP contribution is -2.15. The number of hydrogen-bond acceptors (Lipinski definition) is 5. The highest BCUT2D eigenvalue weighted by Gasteiger charge is 2.19. The summed E-state index contributed by atoms with van der Waals surface area (Å²) in [4.78, 5) is 16.6. The third-order valence-electron chi connectivity index (χ3n) is 4.80. The molecule has 0 radical (unpaired) electrons. The SMILES string of the molecule is Cc1ccccc1NC(=O)CSc1nnc(-c2ccncc2)n1-c1cccc(Cl)c1C. The zero-order chi connectivity index (χ0) is 21.8. The monoisotopic (exact) mass is 449 g/mol. The average Bonchev–Trinajstić information content (AvgIpc) is 3.20. The van der Waals surface area contributed by atoms with Crippen LogP contribution in [0.5, 0.6) is 0 Å². The molecule has 2 aromatic carbocycles. The molecule has 0 aliphatic rings. The van der Waals surface area contributed by atoms with Gasteiger partial charge in [-0.05, 0) is 55.3 Å². The number of aryl methyl sites for hydroxylation is 1. The third kappa shape index (κ3) is 4.62. The number of benzene rings is 2. The summed E-state index contributed by atoms with van der Waals surface area (Å²) in [7, 11) is 0. The fourth-order valence-corrected chi connectivity index (χ4v) is 4.05. The van der Waals surface area contributed by atoms with Gasteiger partial charge in [-0.25, -0.2) is 0 Å². The summed E-state index contributed by atoms with van der Waals surface area (Å²) in [5.41, 5.74) is 4.46. The van der Waals surface area contributed by atoms with Gasteiger partial charge in [0.2, 0.25) is 5.91 Å². The highest BCUT2D eigenvalue weighted by Crippen LogP contribution is 2.31. The molecule has 8 heteroatoms. The third-order valence-corrected chi connectivity index (χ3v) is 6.14. The number of thioether (sulfide) groups is 1. The Morgan fingerprint density at radius 1 is 1.03 bits per heavy atom. The number of aromatic nitrogens is 4. The van der Waals surface area contributed by atoms with Gasteiger partial charge in [-0.15, -0.1) is 10.2 Å². The average molecular weight is 450 g/mol. The highest BCUT2D eigenvalue weighted by molar-refractivity contribution is 7.99. The fourth-order valence-electron chi connectivity index (χ4n) is 3.14. The molecular formula is C23H20ClN5OS.